The molecule has 2 amide bonds. The molecule has 1 rings (SSSR count). The molecule has 0 aliphatic heterocycles. The second kappa shape index (κ2) is 6.98. The fraction of sp³-hybridized carbons (Fsp3) is 0.0909. The average molecular weight is 584 g/mol. The average Bonchev–Trinajstić information content (AvgIpc) is 2.34. The molecule has 1 aromatic rings. The highest BCUT2D eigenvalue weighted by molar-refractivity contribution is 9.15. The van der Waals surface area contributed by atoms with E-state index in [0.717, 1.165) is 4.47 Å². The molecular formula is C11H6Br5NO2. The van der Waals surface area contributed by atoms with E-state index in [1.807, 2.05) is 0 Å². The largest absolute Gasteiger partial charge is 0.288 e. The van der Waals surface area contributed by atoms with Crippen LogP contribution in [0.3, 0.4) is 0 Å². The van der Waals surface area contributed by atoms with Crippen molar-refractivity contribution >= 4 is 91.5 Å². The van der Waals surface area contributed by atoms with E-state index >= 15 is 0 Å². The molecule has 102 valence electrons. The van der Waals surface area contributed by atoms with Gasteiger partial charge in [0.2, 0.25) is 0 Å². The van der Waals surface area contributed by atoms with E-state index in [1.54, 1.807) is 0 Å². The Kier molecular flexibility index (Phi) is 6.44. The number of rotatable bonds is 2. The van der Waals surface area contributed by atoms with E-state index in [4.69, 9.17) is 0 Å². The molecule has 0 spiro atoms. The first-order chi connectivity index (χ1) is 8.68. The monoisotopic (exact) mass is 579 g/mol. The Labute approximate surface area is 152 Å². The van der Waals surface area contributed by atoms with Crippen molar-refractivity contribution in [1.82, 2.24) is 5.32 Å². The standard InChI is InChI=1S/C11H6Br5NO2/c1-3(2)10(18)17-11(19)4-5(12)7(14)9(16)8(15)6(4)13/h1H2,2H3,(H,17,18,19). The van der Waals surface area contributed by atoms with Gasteiger partial charge in [-0.2, -0.15) is 0 Å². The Hall–Kier alpha value is 0.500. The minimum Gasteiger partial charge on any atom is -0.288 e. The zero-order valence-corrected chi connectivity index (χ0v) is 17.3. The predicted octanol–water partition coefficient (Wildman–Crippen LogP) is 5.33. The van der Waals surface area contributed by atoms with Gasteiger partial charge in [0.05, 0.1) is 5.56 Å². The summed E-state index contributed by atoms with van der Waals surface area (Å²) >= 11 is 16.7. The lowest BCUT2D eigenvalue weighted by atomic mass is 10.2. The first-order valence-electron chi connectivity index (χ1n) is 4.71. The molecule has 0 fully saturated rings. The van der Waals surface area contributed by atoms with Crippen molar-refractivity contribution in [3.05, 3.63) is 40.1 Å². The maximum absolute atomic E-state index is 12.1. The summed E-state index contributed by atoms with van der Waals surface area (Å²) in [5.41, 5.74) is 0.562. The van der Waals surface area contributed by atoms with Crippen LogP contribution >= 0.6 is 79.6 Å². The predicted molar refractivity (Wildman–Crippen MR) is 92.2 cm³/mol. The second-order valence-electron chi connectivity index (χ2n) is 3.51. The first kappa shape index (κ1) is 17.6. The molecule has 8 heteroatoms. The van der Waals surface area contributed by atoms with Gasteiger partial charge < -0.3 is 0 Å². The summed E-state index contributed by atoms with van der Waals surface area (Å²) in [4.78, 5) is 23.6. The molecule has 0 unspecified atom stereocenters. The van der Waals surface area contributed by atoms with Crippen molar-refractivity contribution in [2.24, 2.45) is 0 Å². The minimum absolute atomic E-state index is 0.260. The van der Waals surface area contributed by atoms with E-state index in [-0.39, 0.29) is 5.57 Å². The van der Waals surface area contributed by atoms with Crippen molar-refractivity contribution in [2.45, 2.75) is 6.92 Å². The van der Waals surface area contributed by atoms with Crippen LogP contribution in [0.4, 0.5) is 0 Å². The van der Waals surface area contributed by atoms with Gasteiger partial charge in [0.25, 0.3) is 11.8 Å². The first-order valence-corrected chi connectivity index (χ1v) is 8.67. The molecule has 0 aromatic heterocycles. The Morgan fingerprint density at radius 3 is 1.63 bits per heavy atom. The number of halogens is 5. The number of hydrogen-bond donors (Lipinski definition) is 1. The van der Waals surface area contributed by atoms with Crippen molar-refractivity contribution < 1.29 is 9.59 Å². The summed E-state index contributed by atoms with van der Waals surface area (Å²) in [7, 11) is 0. The van der Waals surface area contributed by atoms with Gasteiger partial charge in [-0.3, -0.25) is 14.9 Å². The number of imide groups is 1. The Bertz CT molecular complexity index is 568. The summed E-state index contributed by atoms with van der Waals surface area (Å²) < 4.78 is 3.13. The minimum atomic E-state index is -0.527. The third-order valence-corrected chi connectivity index (χ3v) is 8.14. The third kappa shape index (κ3) is 3.78. The molecule has 0 atom stereocenters. The quantitative estimate of drug-likeness (QED) is 0.291. The van der Waals surface area contributed by atoms with E-state index < -0.39 is 11.8 Å². The van der Waals surface area contributed by atoms with Gasteiger partial charge in [0.1, 0.15) is 0 Å². The lowest BCUT2D eigenvalue weighted by Crippen LogP contribution is -2.31. The second-order valence-corrected chi connectivity index (χ2v) is 7.47. The highest BCUT2D eigenvalue weighted by Gasteiger charge is 2.23. The molecule has 0 bridgehead atoms. The fourth-order valence-corrected chi connectivity index (χ4v) is 4.48. The lowest BCUT2D eigenvalue weighted by molar-refractivity contribution is -0.116. The molecule has 0 aliphatic carbocycles. The number of hydrogen-bond acceptors (Lipinski definition) is 2. The van der Waals surface area contributed by atoms with Crippen molar-refractivity contribution in [3.8, 4) is 0 Å². The molecule has 0 aliphatic rings. The highest BCUT2D eigenvalue weighted by atomic mass is 79.9. The van der Waals surface area contributed by atoms with Gasteiger partial charge >= 0.3 is 0 Å². The van der Waals surface area contributed by atoms with E-state index in [2.05, 4.69) is 91.5 Å². The molecule has 1 N–H and O–H groups in total. The topological polar surface area (TPSA) is 46.2 Å². The SMILES string of the molecule is C=C(C)C(=O)NC(=O)c1c(Br)c(Br)c(Br)c(Br)c1Br. The van der Waals surface area contributed by atoms with Crippen LogP contribution in [-0.4, -0.2) is 11.8 Å². The highest BCUT2D eigenvalue weighted by Crippen LogP contribution is 2.44. The van der Waals surface area contributed by atoms with Crippen LogP contribution in [0.15, 0.2) is 34.5 Å². The fourth-order valence-electron chi connectivity index (χ4n) is 1.08. The summed E-state index contributed by atoms with van der Waals surface area (Å²) in [5.74, 6) is -1.04. The molecule has 0 saturated heterocycles. The molecule has 0 heterocycles. The number of carbonyl (C=O) groups is 2. The molecule has 3 nitrogen and oxygen atoms in total. The van der Waals surface area contributed by atoms with Gasteiger partial charge in [-0.1, -0.05) is 6.58 Å². The lowest BCUT2D eigenvalue weighted by Gasteiger charge is -2.13. The summed E-state index contributed by atoms with van der Waals surface area (Å²) in [6, 6.07) is 0. The Morgan fingerprint density at radius 2 is 1.26 bits per heavy atom. The summed E-state index contributed by atoms with van der Waals surface area (Å²) in [6.07, 6.45) is 0. The van der Waals surface area contributed by atoms with Crippen LogP contribution in [-0.2, 0) is 4.79 Å². The zero-order chi connectivity index (χ0) is 14.9. The van der Waals surface area contributed by atoms with E-state index in [1.165, 1.54) is 6.92 Å². The maximum Gasteiger partial charge on any atom is 0.260 e. The van der Waals surface area contributed by atoms with Gasteiger partial charge in [-0.15, -0.1) is 0 Å². The van der Waals surface area contributed by atoms with Gasteiger partial charge in [0, 0.05) is 27.9 Å². The van der Waals surface area contributed by atoms with Crippen LogP contribution in [0.1, 0.15) is 17.3 Å². The summed E-state index contributed by atoms with van der Waals surface area (Å²) in [6.45, 7) is 5.01. The van der Waals surface area contributed by atoms with Gasteiger partial charge in [0.15, 0.2) is 0 Å². The molecule has 0 saturated carbocycles. The van der Waals surface area contributed by atoms with Gasteiger partial charge in [-0.05, 0) is 86.6 Å². The molecule has 0 radical (unpaired) electrons. The third-order valence-electron chi connectivity index (χ3n) is 2.05. The number of amides is 2. The van der Waals surface area contributed by atoms with Crippen molar-refractivity contribution in [2.75, 3.05) is 0 Å². The zero-order valence-electron chi connectivity index (χ0n) is 9.41. The van der Waals surface area contributed by atoms with E-state index in [9.17, 15) is 9.59 Å². The van der Waals surface area contributed by atoms with Crippen LogP contribution in [0.2, 0.25) is 0 Å². The molecule has 1 aromatic carbocycles. The van der Waals surface area contributed by atoms with Crippen molar-refractivity contribution in [3.63, 3.8) is 0 Å². The van der Waals surface area contributed by atoms with Crippen LogP contribution in [0.25, 0.3) is 0 Å². The number of carbonyl (C=O) groups excluding carboxylic acids is 2. The maximum atomic E-state index is 12.1. The van der Waals surface area contributed by atoms with Crippen LogP contribution < -0.4 is 5.32 Å². The number of nitrogens with one attached hydrogen (secondary N) is 1. The Balaban J connectivity index is 3.32. The smallest absolute Gasteiger partial charge is 0.260 e. The normalized spacial score (nSPS) is 10.2. The van der Waals surface area contributed by atoms with Crippen LogP contribution in [0.5, 0.6) is 0 Å². The van der Waals surface area contributed by atoms with Gasteiger partial charge in [-0.25, -0.2) is 0 Å². The summed E-state index contributed by atoms with van der Waals surface area (Å²) in [5, 5.41) is 2.26. The molecule has 19 heavy (non-hydrogen) atoms. The Morgan fingerprint density at radius 1 is 0.895 bits per heavy atom. The van der Waals surface area contributed by atoms with E-state index in [0.29, 0.717) is 23.5 Å². The van der Waals surface area contributed by atoms with Crippen LogP contribution in [0, 0.1) is 0 Å². The molecular weight excluding hydrogens is 578 g/mol. The van der Waals surface area contributed by atoms with Crippen molar-refractivity contribution in [1.29, 1.82) is 0 Å². The number of benzene rings is 1.